The zero-order valence-corrected chi connectivity index (χ0v) is 14.1. The van der Waals surface area contributed by atoms with Gasteiger partial charge in [0.25, 0.3) is 5.56 Å². The lowest BCUT2D eigenvalue weighted by Crippen LogP contribution is -2.27. The Bertz CT molecular complexity index is 770. The smallest absolute Gasteiger partial charge is 0.337 e. The normalized spacial score (nSPS) is 11.8. The molecule has 0 fully saturated rings. The zero-order chi connectivity index (χ0) is 17.7. The number of anilines is 1. The number of halogens is 1. The molecular weight excluding hydrogens is 334 g/mol. The number of hydrogen-bond donors (Lipinski definition) is 2. The van der Waals surface area contributed by atoms with Crippen molar-refractivity contribution in [1.29, 1.82) is 0 Å². The molecule has 0 aliphatic carbocycles. The highest BCUT2D eigenvalue weighted by atomic mass is 35.5. The zero-order valence-electron chi connectivity index (χ0n) is 13.3. The number of rotatable bonds is 6. The van der Waals surface area contributed by atoms with Crippen LogP contribution in [0.5, 0.6) is 0 Å². The maximum atomic E-state index is 12.4. The molecule has 0 unspecified atom stereocenters. The van der Waals surface area contributed by atoms with E-state index in [-0.39, 0.29) is 17.7 Å². The van der Waals surface area contributed by atoms with Crippen LogP contribution in [0.3, 0.4) is 0 Å². The number of hydrogen-bond acceptors (Lipinski definition) is 6. The van der Waals surface area contributed by atoms with Gasteiger partial charge in [-0.1, -0.05) is 18.5 Å². The summed E-state index contributed by atoms with van der Waals surface area (Å²) in [6.07, 6.45) is 2.10. The molecule has 128 valence electrons. The number of methoxy groups -OCH3 is 1. The third-order valence-electron chi connectivity index (χ3n) is 3.52. The van der Waals surface area contributed by atoms with E-state index < -0.39 is 11.5 Å². The Balaban J connectivity index is 2.34. The highest BCUT2D eigenvalue weighted by Gasteiger charge is 2.14. The SMILES string of the molecule is CC[C@@H](CO)Nc1cnn(-c2ccc(C(=O)OC)cc2)c(=O)c1Cl. The van der Waals surface area contributed by atoms with E-state index in [9.17, 15) is 14.7 Å². The molecule has 0 aliphatic rings. The molecule has 0 spiro atoms. The van der Waals surface area contributed by atoms with Crippen molar-refractivity contribution in [1.82, 2.24) is 9.78 Å². The minimum absolute atomic E-state index is 0.0195. The van der Waals surface area contributed by atoms with Crippen LogP contribution in [0.2, 0.25) is 5.02 Å². The molecule has 0 saturated carbocycles. The molecule has 1 aromatic carbocycles. The number of ether oxygens (including phenoxy) is 1. The van der Waals surface area contributed by atoms with Crippen LogP contribution in [-0.4, -0.2) is 40.6 Å². The summed E-state index contributed by atoms with van der Waals surface area (Å²) in [7, 11) is 1.30. The highest BCUT2D eigenvalue weighted by molar-refractivity contribution is 6.33. The van der Waals surface area contributed by atoms with E-state index in [4.69, 9.17) is 11.6 Å². The fraction of sp³-hybridized carbons (Fsp3) is 0.312. The van der Waals surface area contributed by atoms with Gasteiger partial charge in [-0.2, -0.15) is 9.78 Å². The van der Waals surface area contributed by atoms with Crippen LogP contribution in [0.25, 0.3) is 5.69 Å². The molecule has 0 radical (unpaired) electrons. The molecule has 1 aromatic heterocycles. The fourth-order valence-corrected chi connectivity index (χ4v) is 2.25. The topological polar surface area (TPSA) is 93.5 Å². The van der Waals surface area contributed by atoms with Crippen molar-refractivity contribution in [2.24, 2.45) is 0 Å². The molecule has 24 heavy (non-hydrogen) atoms. The third kappa shape index (κ3) is 3.74. The first-order chi connectivity index (χ1) is 11.5. The number of nitrogens with one attached hydrogen (secondary N) is 1. The molecule has 0 bridgehead atoms. The number of aromatic nitrogens is 2. The Morgan fingerprint density at radius 2 is 2.08 bits per heavy atom. The van der Waals surface area contributed by atoms with E-state index in [0.717, 1.165) is 4.68 Å². The molecule has 2 rings (SSSR count). The summed E-state index contributed by atoms with van der Waals surface area (Å²) >= 11 is 6.12. The second kappa shape index (κ2) is 7.94. The molecule has 0 amide bonds. The van der Waals surface area contributed by atoms with E-state index in [2.05, 4.69) is 15.2 Å². The van der Waals surface area contributed by atoms with Crippen molar-refractivity contribution < 1.29 is 14.6 Å². The molecule has 2 N–H and O–H groups in total. The second-order valence-corrected chi connectivity index (χ2v) is 5.44. The molecule has 8 heteroatoms. The van der Waals surface area contributed by atoms with Crippen LogP contribution < -0.4 is 10.9 Å². The van der Waals surface area contributed by atoms with Gasteiger partial charge < -0.3 is 15.2 Å². The predicted octanol–water partition coefficient (Wildman–Crippen LogP) is 1.86. The quantitative estimate of drug-likeness (QED) is 0.771. The van der Waals surface area contributed by atoms with Crippen molar-refractivity contribution in [3.8, 4) is 5.69 Å². The number of aliphatic hydroxyl groups is 1. The first kappa shape index (κ1) is 18.0. The van der Waals surface area contributed by atoms with Gasteiger partial charge in [-0.05, 0) is 30.7 Å². The molecule has 2 aromatic rings. The van der Waals surface area contributed by atoms with E-state index in [1.807, 2.05) is 6.92 Å². The first-order valence-electron chi connectivity index (χ1n) is 7.35. The fourth-order valence-electron chi connectivity index (χ4n) is 2.07. The standard InChI is InChI=1S/C16H18ClN3O4/c1-3-11(9-21)19-13-8-18-20(15(22)14(13)17)12-6-4-10(5-7-12)16(23)24-2/h4-8,11,19,21H,3,9H2,1-2H3/t11-/m0/s1. The maximum Gasteiger partial charge on any atom is 0.337 e. The van der Waals surface area contributed by atoms with Gasteiger partial charge in [-0.3, -0.25) is 4.79 Å². The van der Waals surface area contributed by atoms with Gasteiger partial charge >= 0.3 is 5.97 Å². The van der Waals surface area contributed by atoms with Gasteiger partial charge in [0.1, 0.15) is 5.02 Å². The summed E-state index contributed by atoms with van der Waals surface area (Å²) in [6, 6.07) is 6.01. The van der Waals surface area contributed by atoms with Gasteiger partial charge in [-0.15, -0.1) is 0 Å². The van der Waals surface area contributed by atoms with Gasteiger partial charge in [0, 0.05) is 6.04 Å². The Kier molecular flexibility index (Phi) is 5.94. The second-order valence-electron chi connectivity index (χ2n) is 5.06. The van der Waals surface area contributed by atoms with E-state index in [1.165, 1.54) is 25.4 Å². The van der Waals surface area contributed by atoms with Crippen LogP contribution in [0.1, 0.15) is 23.7 Å². The van der Waals surface area contributed by atoms with Crippen molar-refractivity contribution >= 4 is 23.3 Å². The molecule has 0 saturated heterocycles. The molecule has 0 aliphatic heterocycles. The summed E-state index contributed by atoms with van der Waals surface area (Å²) in [5.41, 5.74) is 0.702. The highest BCUT2D eigenvalue weighted by Crippen LogP contribution is 2.18. The van der Waals surface area contributed by atoms with Crippen LogP contribution >= 0.6 is 11.6 Å². The maximum absolute atomic E-state index is 12.4. The lowest BCUT2D eigenvalue weighted by atomic mass is 10.2. The van der Waals surface area contributed by atoms with Crippen LogP contribution in [0.4, 0.5) is 5.69 Å². The largest absolute Gasteiger partial charge is 0.465 e. The van der Waals surface area contributed by atoms with E-state index in [1.54, 1.807) is 12.1 Å². The molecule has 1 heterocycles. The van der Waals surface area contributed by atoms with Gasteiger partial charge in [0.15, 0.2) is 0 Å². The third-order valence-corrected chi connectivity index (χ3v) is 3.89. The van der Waals surface area contributed by atoms with Crippen molar-refractivity contribution in [3.05, 3.63) is 51.4 Å². The van der Waals surface area contributed by atoms with Crippen molar-refractivity contribution in [3.63, 3.8) is 0 Å². The summed E-state index contributed by atoms with van der Waals surface area (Å²) in [4.78, 5) is 23.8. The van der Waals surface area contributed by atoms with Crippen molar-refractivity contribution in [2.45, 2.75) is 19.4 Å². The molecular formula is C16H18ClN3O4. The molecule has 7 nitrogen and oxygen atoms in total. The number of carbonyl (C=O) groups is 1. The number of aliphatic hydroxyl groups excluding tert-OH is 1. The Morgan fingerprint density at radius 1 is 1.42 bits per heavy atom. The van der Waals surface area contributed by atoms with Crippen LogP contribution in [0, 0.1) is 0 Å². The van der Waals surface area contributed by atoms with Gasteiger partial charge in [-0.25, -0.2) is 4.79 Å². The lowest BCUT2D eigenvalue weighted by Gasteiger charge is -2.16. The number of nitrogens with zero attached hydrogens (tertiary/aromatic N) is 2. The van der Waals surface area contributed by atoms with Gasteiger partial charge in [0.2, 0.25) is 0 Å². The predicted molar refractivity (Wildman–Crippen MR) is 91.0 cm³/mol. The molecule has 1 atom stereocenters. The summed E-state index contributed by atoms with van der Waals surface area (Å²) < 4.78 is 5.76. The summed E-state index contributed by atoms with van der Waals surface area (Å²) in [5.74, 6) is -0.464. The van der Waals surface area contributed by atoms with Crippen molar-refractivity contribution in [2.75, 3.05) is 19.0 Å². The average molecular weight is 352 g/mol. The number of benzene rings is 1. The monoisotopic (exact) mass is 351 g/mol. The van der Waals surface area contributed by atoms with E-state index >= 15 is 0 Å². The number of carbonyl (C=O) groups excluding carboxylic acids is 1. The minimum Gasteiger partial charge on any atom is -0.465 e. The first-order valence-corrected chi connectivity index (χ1v) is 7.73. The van der Waals surface area contributed by atoms with Crippen LogP contribution in [-0.2, 0) is 4.74 Å². The average Bonchev–Trinajstić information content (AvgIpc) is 2.62. The van der Waals surface area contributed by atoms with Crippen LogP contribution in [0.15, 0.2) is 35.3 Å². The minimum atomic E-state index is -0.500. The van der Waals surface area contributed by atoms with Gasteiger partial charge in [0.05, 0.1) is 36.9 Å². The summed E-state index contributed by atoms with van der Waals surface area (Å²) in [5, 5.41) is 16.3. The Labute approximate surface area is 143 Å². The van der Waals surface area contributed by atoms with E-state index in [0.29, 0.717) is 23.4 Å². The lowest BCUT2D eigenvalue weighted by molar-refractivity contribution is 0.0600. The Hall–Kier alpha value is -2.38. The number of esters is 1. The summed E-state index contributed by atoms with van der Waals surface area (Å²) in [6.45, 7) is 1.82. The Morgan fingerprint density at radius 3 is 2.62 bits per heavy atom.